The lowest BCUT2D eigenvalue weighted by Crippen LogP contribution is -2.24. The van der Waals surface area contributed by atoms with Crippen molar-refractivity contribution in [1.29, 1.82) is 0 Å². The quantitative estimate of drug-likeness (QED) is 0.0757. The van der Waals surface area contributed by atoms with Gasteiger partial charge in [0.25, 0.3) is 0 Å². The highest BCUT2D eigenvalue weighted by atomic mass is 35.5. The lowest BCUT2D eigenvalue weighted by atomic mass is 9.83. The average Bonchev–Trinajstić information content (AvgIpc) is 4.11. The minimum atomic E-state index is -0.335. The highest BCUT2D eigenvalue weighted by Crippen LogP contribution is 2.36. The highest BCUT2D eigenvalue weighted by Gasteiger charge is 2.28. The largest absolute Gasteiger partial charge is 0.508 e. The number of phenolic OH excluding ortho intramolecular Hbond substituents is 2. The van der Waals surface area contributed by atoms with Crippen LogP contribution in [0.1, 0.15) is 95.0 Å². The number of esters is 2. The van der Waals surface area contributed by atoms with Crippen molar-refractivity contribution >= 4 is 23.5 Å². The number of halogens is 1. The van der Waals surface area contributed by atoms with Crippen LogP contribution >= 0.6 is 11.6 Å². The van der Waals surface area contributed by atoms with Crippen molar-refractivity contribution in [2.75, 3.05) is 38.9 Å². The topological polar surface area (TPSA) is 149 Å². The van der Waals surface area contributed by atoms with Crippen LogP contribution < -0.4 is 9.47 Å². The molecular weight excluding hydrogens is 776 g/mol. The van der Waals surface area contributed by atoms with Crippen LogP contribution in [0.3, 0.4) is 0 Å². The van der Waals surface area contributed by atoms with Gasteiger partial charge >= 0.3 is 11.9 Å². The summed E-state index contributed by atoms with van der Waals surface area (Å²) in [7, 11) is 0. The predicted molar refractivity (Wildman–Crippen MR) is 221 cm³/mol. The fraction of sp³-hybridized carbons (Fsp3) is 0.447. The van der Waals surface area contributed by atoms with Crippen LogP contribution in [-0.4, -0.2) is 91.6 Å². The van der Waals surface area contributed by atoms with Crippen molar-refractivity contribution in [3.8, 4) is 23.0 Å². The van der Waals surface area contributed by atoms with Crippen molar-refractivity contribution in [1.82, 2.24) is 0 Å². The van der Waals surface area contributed by atoms with Crippen LogP contribution in [0, 0.1) is 0 Å². The van der Waals surface area contributed by atoms with Gasteiger partial charge in [0.05, 0.1) is 42.9 Å². The third kappa shape index (κ3) is 13.9. The molecule has 9 rings (SSSR count). The maximum absolute atomic E-state index is 12.5. The third-order valence-electron chi connectivity index (χ3n) is 11.1. The number of hydrogen-bond acceptors (Lipinski definition) is 11. The van der Waals surface area contributed by atoms with Gasteiger partial charge in [-0.2, -0.15) is 0 Å². The zero-order valence-corrected chi connectivity index (χ0v) is 33.9. The van der Waals surface area contributed by atoms with E-state index < -0.39 is 0 Å². The molecule has 2 saturated carbocycles. The monoisotopic (exact) mass is 828 g/mol. The van der Waals surface area contributed by atoms with Crippen LogP contribution in [0.4, 0.5) is 0 Å². The summed E-state index contributed by atoms with van der Waals surface area (Å²) in [6.45, 7) is 3.63. The highest BCUT2D eigenvalue weighted by molar-refractivity contribution is 6.18. The number of rotatable bonds is 13. The molecule has 0 aromatic heterocycles. The summed E-state index contributed by atoms with van der Waals surface area (Å²) in [5, 5.41) is 18.6. The van der Waals surface area contributed by atoms with Crippen molar-refractivity contribution in [2.45, 2.75) is 93.7 Å². The first-order chi connectivity index (χ1) is 28.8. The zero-order chi connectivity index (χ0) is 41.0. The molecule has 0 amide bonds. The molecule has 3 unspecified atom stereocenters. The molecule has 3 saturated heterocycles. The molecule has 314 valence electrons. The summed E-state index contributed by atoms with van der Waals surface area (Å²) in [6.07, 6.45) is 8.25. The van der Waals surface area contributed by atoms with Crippen LogP contribution in [0.5, 0.6) is 23.0 Å². The van der Waals surface area contributed by atoms with Crippen LogP contribution in [0.25, 0.3) is 0 Å². The number of carbonyl (C=O) groups excluding carboxylic acids is 2. The first-order valence-corrected chi connectivity index (χ1v) is 21.2. The molecule has 2 N–H and O–H groups in total. The summed E-state index contributed by atoms with van der Waals surface area (Å²) < 4.78 is 37.7. The van der Waals surface area contributed by atoms with Crippen molar-refractivity contribution < 1.29 is 53.0 Å². The van der Waals surface area contributed by atoms with Crippen molar-refractivity contribution in [2.24, 2.45) is 0 Å². The zero-order valence-electron chi connectivity index (χ0n) is 33.1. The summed E-state index contributed by atoms with van der Waals surface area (Å²) in [5.74, 6) is 3.08. The molecule has 3 aliphatic heterocycles. The van der Waals surface area contributed by atoms with E-state index in [1.54, 1.807) is 48.5 Å². The Labute approximate surface area is 350 Å². The molecule has 0 spiro atoms. The second kappa shape index (κ2) is 20.9. The van der Waals surface area contributed by atoms with E-state index >= 15 is 0 Å². The number of phenols is 2. The summed E-state index contributed by atoms with van der Waals surface area (Å²) >= 11 is 5.27. The van der Waals surface area contributed by atoms with Gasteiger partial charge in [-0.3, -0.25) is 0 Å². The molecule has 5 fully saturated rings. The predicted octanol–water partition coefficient (Wildman–Crippen LogP) is 8.73. The first-order valence-electron chi connectivity index (χ1n) is 20.6. The van der Waals surface area contributed by atoms with Gasteiger partial charge in [0, 0.05) is 0 Å². The minimum Gasteiger partial charge on any atom is -0.508 e. The lowest BCUT2D eigenvalue weighted by Gasteiger charge is -2.28. The smallest absolute Gasteiger partial charge is 0.338 e. The van der Waals surface area contributed by atoms with Crippen LogP contribution in [-0.2, 0) is 23.7 Å². The third-order valence-corrected chi connectivity index (χ3v) is 11.4. The molecular formula is C47H53ClO11. The van der Waals surface area contributed by atoms with Crippen molar-refractivity contribution in [3.05, 3.63) is 119 Å². The lowest BCUT2D eigenvalue weighted by molar-refractivity contribution is 0.0186. The SMILES string of the molecule is ClCC1CO1.O=C(OC1CCC(c2ccc(O)cc2)CC1)c1ccc(O)cc1.O=C(OC1CCC(c2ccc(OCC3CO3)cc2)CC1)c1ccc(OCC2CO2)cc1. The van der Waals surface area contributed by atoms with E-state index in [1.165, 1.54) is 23.3 Å². The van der Waals surface area contributed by atoms with E-state index in [-0.39, 0.29) is 47.9 Å². The molecule has 4 aromatic carbocycles. The summed E-state index contributed by atoms with van der Waals surface area (Å²) in [5.41, 5.74) is 3.57. The molecule has 0 bridgehead atoms. The van der Waals surface area contributed by atoms with Gasteiger partial charge < -0.3 is 43.4 Å². The Morgan fingerprint density at radius 2 is 0.847 bits per heavy atom. The van der Waals surface area contributed by atoms with Gasteiger partial charge in [0.15, 0.2) is 0 Å². The van der Waals surface area contributed by atoms with Gasteiger partial charge in [-0.15, -0.1) is 11.6 Å². The van der Waals surface area contributed by atoms with E-state index in [9.17, 15) is 19.8 Å². The number of epoxide rings is 3. The maximum Gasteiger partial charge on any atom is 0.338 e. The fourth-order valence-corrected chi connectivity index (χ4v) is 7.38. The van der Waals surface area contributed by atoms with Gasteiger partial charge in [-0.1, -0.05) is 24.3 Å². The Morgan fingerprint density at radius 1 is 0.508 bits per heavy atom. The second-order valence-electron chi connectivity index (χ2n) is 15.6. The van der Waals surface area contributed by atoms with Gasteiger partial charge in [-0.05, 0) is 147 Å². The summed E-state index contributed by atoms with van der Waals surface area (Å²) in [6, 6.07) is 29.0. The fourth-order valence-electron chi connectivity index (χ4n) is 7.20. The molecule has 12 heteroatoms. The molecule has 11 nitrogen and oxygen atoms in total. The van der Waals surface area contributed by atoms with Crippen molar-refractivity contribution in [3.63, 3.8) is 0 Å². The molecule has 5 aliphatic rings. The van der Waals surface area contributed by atoms with Gasteiger partial charge in [-0.25, -0.2) is 9.59 Å². The summed E-state index contributed by atoms with van der Waals surface area (Å²) in [4.78, 5) is 24.6. The molecule has 4 aromatic rings. The Balaban J connectivity index is 0.000000166. The number of hydrogen-bond donors (Lipinski definition) is 2. The Hall–Kier alpha value is -4.81. The standard InChI is InChI=1S/C25H28O6.C19H20O4.C3H5ClO/c26-25(19-5-9-21(10-6-19)28-14-24-16-30-24)31-22-11-3-18(4-12-22)17-1-7-20(8-2-17)27-13-23-15-29-23;20-16-7-1-13(2-8-16)14-5-11-18(12-6-14)23-19(22)15-3-9-17(21)10-4-15;4-1-3-2-5-3/h1-2,5-10,18,22-24H,3-4,11-16H2;1-4,7-10,14,18,20-21H,5-6,11-12H2;3H,1-2H2. The van der Waals surface area contributed by atoms with E-state index in [0.29, 0.717) is 48.2 Å². The number of ether oxygens (including phenoxy) is 7. The maximum atomic E-state index is 12.5. The normalized spacial score (nSPS) is 25.1. The number of carbonyl (C=O) groups is 2. The Kier molecular flexibility index (Phi) is 15.0. The average molecular weight is 829 g/mol. The number of alkyl halides is 1. The Morgan fingerprint density at radius 3 is 1.20 bits per heavy atom. The van der Waals surface area contributed by atoms with E-state index in [4.69, 9.17) is 44.8 Å². The minimum absolute atomic E-state index is 0.0205. The second-order valence-corrected chi connectivity index (χ2v) is 15.9. The molecule has 0 radical (unpaired) electrons. The van der Waals surface area contributed by atoms with Crippen LogP contribution in [0.2, 0.25) is 0 Å². The van der Waals surface area contributed by atoms with E-state index in [2.05, 4.69) is 12.1 Å². The van der Waals surface area contributed by atoms with Crippen LogP contribution in [0.15, 0.2) is 97.1 Å². The first kappa shape index (κ1) is 42.3. The Bertz CT molecular complexity index is 1890. The molecule has 3 heterocycles. The number of benzene rings is 4. The number of aromatic hydroxyl groups is 2. The molecule has 59 heavy (non-hydrogen) atoms. The molecule has 3 atom stereocenters. The van der Waals surface area contributed by atoms with E-state index in [0.717, 1.165) is 82.7 Å². The molecule has 2 aliphatic carbocycles. The van der Waals surface area contributed by atoms with Gasteiger partial charge in [0.2, 0.25) is 0 Å². The van der Waals surface area contributed by atoms with E-state index in [1.807, 2.05) is 24.3 Å². The van der Waals surface area contributed by atoms with Gasteiger partial charge in [0.1, 0.15) is 60.6 Å².